The third kappa shape index (κ3) is 2.41. The fourth-order valence-electron chi connectivity index (χ4n) is 2.30. The summed E-state index contributed by atoms with van der Waals surface area (Å²) in [6, 6.07) is 16.0. The molecule has 0 saturated carbocycles. The van der Waals surface area contributed by atoms with E-state index in [-0.39, 0.29) is 5.82 Å². The van der Waals surface area contributed by atoms with E-state index in [0.29, 0.717) is 17.0 Å². The number of aryl methyl sites for hydroxylation is 1. The highest BCUT2D eigenvalue weighted by Gasteiger charge is 2.11. The largest absolute Gasteiger partial charge is 0.327 e. The third-order valence-corrected chi connectivity index (χ3v) is 3.31. The van der Waals surface area contributed by atoms with Gasteiger partial charge in [0, 0.05) is 7.05 Å². The molecule has 0 saturated heterocycles. The van der Waals surface area contributed by atoms with Crippen LogP contribution < -0.4 is 0 Å². The molecule has 0 N–H and O–H groups in total. The predicted molar refractivity (Wildman–Crippen MR) is 80.6 cm³/mol. The number of fused-ring (bicyclic) bond motifs is 1. The number of para-hydroxylation sites is 2. The molecule has 3 aromatic rings. The molecule has 1 aromatic heterocycles. The number of nitriles is 1. The van der Waals surface area contributed by atoms with E-state index in [4.69, 9.17) is 0 Å². The maximum absolute atomic E-state index is 13.2. The lowest BCUT2D eigenvalue weighted by Gasteiger charge is -2.01. The SMILES string of the molecule is Cn1c(C(C#N)=Cc2cccc(F)c2)nc2ccccc21. The molecule has 0 unspecified atom stereocenters. The minimum atomic E-state index is -0.328. The molecule has 102 valence electrons. The van der Waals surface area contributed by atoms with Gasteiger partial charge in [-0.2, -0.15) is 5.26 Å². The average molecular weight is 277 g/mol. The molecule has 3 rings (SSSR count). The monoisotopic (exact) mass is 277 g/mol. The molecule has 0 amide bonds. The fraction of sp³-hybridized carbons (Fsp3) is 0.0588. The van der Waals surface area contributed by atoms with Crippen LogP contribution in [0, 0.1) is 17.1 Å². The Labute approximate surface area is 121 Å². The number of hydrogen-bond acceptors (Lipinski definition) is 2. The molecule has 0 bridgehead atoms. The van der Waals surface area contributed by atoms with Gasteiger partial charge in [-0.3, -0.25) is 0 Å². The molecular formula is C17H12FN3. The van der Waals surface area contributed by atoms with E-state index in [1.54, 1.807) is 18.2 Å². The maximum atomic E-state index is 13.2. The Kier molecular flexibility index (Phi) is 3.25. The van der Waals surface area contributed by atoms with Gasteiger partial charge in [0.25, 0.3) is 0 Å². The van der Waals surface area contributed by atoms with E-state index >= 15 is 0 Å². The Morgan fingerprint density at radius 1 is 1.24 bits per heavy atom. The van der Waals surface area contributed by atoms with Gasteiger partial charge < -0.3 is 4.57 Å². The van der Waals surface area contributed by atoms with Gasteiger partial charge in [0.05, 0.1) is 16.6 Å². The Morgan fingerprint density at radius 2 is 2.05 bits per heavy atom. The van der Waals surface area contributed by atoms with Crippen molar-refractivity contribution in [1.82, 2.24) is 9.55 Å². The summed E-state index contributed by atoms with van der Waals surface area (Å²) in [6.07, 6.45) is 1.64. The van der Waals surface area contributed by atoms with E-state index < -0.39 is 0 Å². The lowest BCUT2D eigenvalue weighted by molar-refractivity contribution is 0.627. The minimum absolute atomic E-state index is 0.328. The lowest BCUT2D eigenvalue weighted by Crippen LogP contribution is -1.96. The molecule has 0 fully saturated rings. The molecule has 4 heteroatoms. The zero-order chi connectivity index (χ0) is 14.8. The lowest BCUT2D eigenvalue weighted by atomic mass is 10.1. The Bertz CT molecular complexity index is 884. The summed E-state index contributed by atoms with van der Waals surface area (Å²) in [7, 11) is 1.86. The fourth-order valence-corrected chi connectivity index (χ4v) is 2.30. The standard InChI is InChI=1S/C17H12FN3/c1-21-16-8-3-2-7-15(16)20-17(21)13(11-19)9-12-5-4-6-14(18)10-12/h2-10H,1H3. The van der Waals surface area contributed by atoms with E-state index in [9.17, 15) is 9.65 Å². The second-order valence-electron chi connectivity index (χ2n) is 4.71. The van der Waals surface area contributed by atoms with Crippen molar-refractivity contribution in [2.75, 3.05) is 0 Å². The number of hydrogen-bond donors (Lipinski definition) is 0. The number of nitrogens with zero attached hydrogens (tertiary/aromatic N) is 3. The molecule has 0 aliphatic heterocycles. The van der Waals surface area contributed by atoms with Gasteiger partial charge in [-0.25, -0.2) is 9.37 Å². The molecule has 0 radical (unpaired) electrons. The molecular weight excluding hydrogens is 265 g/mol. The molecule has 0 aliphatic rings. The summed E-state index contributed by atoms with van der Waals surface area (Å²) in [4.78, 5) is 4.48. The van der Waals surface area contributed by atoms with Crippen LogP contribution >= 0.6 is 0 Å². The Balaban J connectivity index is 2.15. The number of allylic oxidation sites excluding steroid dienone is 1. The van der Waals surface area contributed by atoms with Gasteiger partial charge in [0.2, 0.25) is 0 Å². The van der Waals surface area contributed by atoms with Crippen LogP contribution in [-0.2, 0) is 7.05 Å². The minimum Gasteiger partial charge on any atom is -0.327 e. The highest BCUT2D eigenvalue weighted by Crippen LogP contribution is 2.22. The highest BCUT2D eigenvalue weighted by molar-refractivity contribution is 5.90. The second-order valence-corrected chi connectivity index (χ2v) is 4.71. The van der Waals surface area contributed by atoms with E-state index in [2.05, 4.69) is 11.1 Å². The number of imidazole rings is 1. The summed E-state index contributed by atoms with van der Waals surface area (Å²) < 4.78 is 15.1. The summed E-state index contributed by atoms with van der Waals surface area (Å²) in [6.45, 7) is 0. The van der Waals surface area contributed by atoms with Crippen LogP contribution in [-0.4, -0.2) is 9.55 Å². The Hall–Kier alpha value is -2.93. The number of aromatic nitrogens is 2. The van der Waals surface area contributed by atoms with E-state index in [1.165, 1.54) is 12.1 Å². The van der Waals surface area contributed by atoms with Gasteiger partial charge in [-0.1, -0.05) is 24.3 Å². The van der Waals surface area contributed by atoms with Crippen LogP contribution in [0.5, 0.6) is 0 Å². The van der Waals surface area contributed by atoms with Crippen LogP contribution in [0.4, 0.5) is 4.39 Å². The zero-order valence-corrected chi connectivity index (χ0v) is 11.4. The van der Waals surface area contributed by atoms with E-state index in [0.717, 1.165) is 11.0 Å². The van der Waals surface area contributed by atoms with Crippen LogP contribution in [0.25, 0.3) is 22.7 Å². The van der Waals surface area contributed by atoms with Crippen molar-refractivity contribution in [1.29, 1.82) is 5.26 Å². The van der Waals surface area contributed by atoms with Crippen molar-refractivity contribution in [3.05, 3.63) is 65.7 Å². The van der Waals surface area contributed by atoms with E-state index in [1.807, 2.05) is 35.9 Å². The molecule has 0 atom stereocenters. The second kappa shape index (κ2) is 5.22. The first-order valence-electron chi connectivity index (χ1n) is 6.48. The van der Waals surface area contributed by atoms with Crippen molar-refractivity contribution < 1.29 is 4.39 Å². The first kappa shape index (κ1) is 13.1. The van der Waals surface area contributed by atoms with Crippen molar-refractivity contribution in [2.24, 2.45) is 7.05 Å². The zero-order valence-electron chi connectivity index (χ0n) is 11.4. The maximum Gasteiger partial charge on any atom is 0.151 e. The quantitative estimate of drug-likeness (QED) is 0.669. The normalized spacial score (nSPS) is 11.6. The van der Waals surface area contributed by atoms with Crippen molar-refractivity contribution in [3.8, 4) is 6.07 Å². The third-order valence-electron chi connectivity index (χ3n) is 3.31. The number of rotatable bonds is 2. The van der Waals surface area contributed by atoms with Gasteiger partial charge in [-0.15, -0.1) is 0 Å². The van der Waals surface area contributed by atoms with Gasteiger partial charge in [0.15, 0.2) is 5.82 Å². The highest BCUT2D eigenvalue weighted by atomic mass is 19.1. The van der Waals surface area contributed by atoms with Gasteiger partial charge in [0.1, 0.15) is 11.9 Å². The molecule has 2 aromatic carbocycles. The van der Waals surface area contributed by atoms with Crippen LogP contribution in [0.1, 0.15) is 11.4 Å². The summed E-state index contributed by atoms with van der Waals surface area (Å²) in [5, 5.41) is 9.39. The predicted octanol–water partition coefficient (Wildman–Crippen LogP) is 3.78. The van der Waals surface area contributed by atoms with Crippen LogP contribution in [0.2, 0.25) is 0 Å². The summed E-state index contributed by atoms with van der Waals surface area (Å²) >= 11 is 0. The van der Waals surface area contributed by atoms with Crippen LogP contribution in [0.3, 0.4) is 0 Å². The Morgan fingerprint density at radius 3 is 2.76 bits per heavy atom. The van der Waals surface area contributed by atoms with Crippen molar-refractivity contribution >= 4 is 22.7 Å². The summed E-state index contributed by atoms with van der Waals surface area (Å²) in [5.41, 5.74) is 2.82. The smallest absolute Gasteiger partial charge is 0.151 e. The van der Waals surface area contributed by atoms with Crippen molar-refractivity contribution in [2.45, 2.75) is 0 Å². The van der Waals surface area contributed by atoms with Crippen molar-refractivity contribution in [3.63, 3.8) is 0 Å². The molecule has 0 spiro atoms. The molecule has 3 nitrogen and oxygen atoms in total. The average Bonchev–Trinajstić information content (AvgIpc) is 2.82. The van der Waals surface area contributed by atoms with Gasteiger partial charge in [-0.05, 0) is 35.9 Å². The summed E-state index contributed by atoms with van der Waals surface area (Å²) in [5.74, 6) is 0.244. The van der Waals surface area contributed by atoms with Crippen LogP contribution in [0.15, 0.2) is 48.5 Å². The topological polar surface area (TPSA) is 41.6 Å². The molecule has 0 aliphatic carbocycles. The van der Waals surface area contributed by atoms with Gasteiger partial charge >= 0.3 is 0 Å². The first-order chi connectivity index (χ1) is 10.2. The number of benzene rings is 2. The molecule has 1 heterocycles. The molecule has 21 heavy (non-hydrogen) atoms. The number of halogens is 1. The first-order valence-corrected chi connectivity index (χ1v) is 6.48.